The van der Waals surface area contributed by atoms with Crippen LogP contribution in [0.1, 0.15) is 47.1 Å². The number of hydrogen-bond donors (Lipinski definition) is 1. The van der Waals surface area contributed by atoms with Crippen molar-refractivity contribution in [3.8, 4) is 0 Å². The molecule has 3 aromatic heterocycles. The van der Waals surface area contributed by atoms with E-state index in [1.807, 2.05) is 6.92 Å². The summed E-state index contributed by atoms with van der Waals surface area (Å²) in [6.45, 7) is 6.87. The first kappa shape index (κ1) is 17.5. The maximum atomic E-state index is 12.8. The lowest BCUT2D eigenvalue weighted by Crippen LogP contribution is -2.44. The summed E-state index contributed by atoms with van der Waals surface area (Å²) in [5.41, 5.74) is 1.78. The maximum absolute atomic E-state index is 12.8. The highest BCUT2D eigenvalue weighted by molar-refractivity contribution is 7.18. The Labute approximate surface area is 167 Å². The quantitative estimate of drug-likeness (QED) is 0.727. The highest BCUT2D eigenvalue weighted by atomic mass is 32.1. The number of nitrogens with one attached hydrogen (secondary N) is 1. The summed E-state index contributed by atoms with van der Waals surface area (Å²) in [5, 5.41) is 12.2. The standard InChI is InChI=1S/C19H23N7OS/c1-4-25-15(8-22-24-25)18(27)23-13-7-12-5-6-14(13)26(12)17-16-10(2)11(3)28-19(16)21-9-20-17/h8-9,12-14H,4-7H2,1-3H3,(H,23,27)/t12-,13+,14+/m0/s1. The number of hydrogen-bond acceptors (Lipinski definition) is 7. The molecule has 1 amide bonds. The van der Waals surface area contributed by atoms with Crippen molar-refractivity contribution in [2.75, 3.05) is 4.90 Å². The molecule has 2 fully saturated rings. The molecule has 0 radical (unpaired) electrons. The fourth-order valence-corrected chi connectivity index (χ4v) is 5.73. The van der Waals surface area contributed by atoms with Crippen LogP contribution in [0.2, 0.25) is 0 Å². The normalized spacial score (nSPS) is 23.7. The van der Waals surface area contributed by atoms with Crippen molar-refractivity contribution in [3.63, 3.8) is 0 Å². The average Bonchev–Trinajstić information content (AvgIpc) is 3.45. The molecule has 1 N–H and O–H groups in total. The fraction of sp³-hybridized carbons (Fsp3) is 0.526. The second-order valence-corrected chi connectivity index (χ2v) is 8.82. The molecule has 2 saturated heterocycles. The lowest BCUT2D eigenvalue weighted by Gasteiger charge is -2.26. The number of thiophene rings is 1. The first-order chi connectivity index (χ1) is 13.6. The van der Waals surface area contributed by atoms with E-state index in [1.165, 1.54) is 22.0 Å². The molecule has 2 aliphatic rings. The second kappa shape index (κ2) is 6.51. The number of nitrogens with zero attached hydrogens (tertiary/aromatic N) is 6. The van der Waals surface area contributed by atoms with E-state index in [9.17, 15) is 4.79 Å². The van der Waals surface area contributed by atoms with Crippen LogP contribution in [-0.4, -0.2) is 49.0 Å². The van der Waals surface area contributed by atoms with E-state index < -0.39 is 0 Å². The van der Waals surface area contributed by atoms with Gasteiger partial charge in [-0.15, -0.1) is 16.4 Å². The number of aromatic nitrogens is 5. The minimum Gasteiger partial charge on any atom is -0.348 e. The van der Waals surface area contributed by atoms with Gasteiger partial charge >= 0.3 is 0 Å². The van der Waals surface area contributed by atoms with Crippen LogP contribution in [0, 0.1) is 13.8 Å². The van der Waals surface area contributed by atoms with E-state index in [1.54, 1.807) is 22.3 Å². The van der Waals surface area contributed by atoms with Gasteiger partial charge in [0.05, 0.1) is 23.7 Å². The van der Waals surface area contributed by atoms with Crippen LogP contribution < -0.4 is 10.2 Å². The zero-order chi connectivity index (χ0) is 19.4. The maximum Gasteiger partial charge on any atom is 0.271 e. The third kappa shape index (κ3) is 2.52. The van der Waals surface area contributed by atoms with Crippen LogP contribution in [0.3, 0.4) is 0 Å². The average molecular weight is 398 g/mol. The van der Waals surface area contributed by atoms with Gasteiger partial charge in [0.2, 0.25) is 0 Å². The van der Waals surface area contributed by atoms with Crippen LogP contribution in [-0.2, 0) is 6.54 Å². The first-order valence-corrected chi connectivity index (χ1v) is 10.6. The summed E-state index contributed by atoms with van der Waals surface area (Å²) >= 11 is 1.72. The Morgan fingerprint density at radius 1 is 1.32 bits per heavy atom. The third-order valence-electron chi connectivity index (χ3n) is 6.19. The topological polar surface area (TPSA) is 88.8 Å². The minimum absolute atomic E-state index is 0.0975. The molecule has 0 saturated carbocycles. The van der Waals surface area contributed by atoms with Gasteiger partial charge in [0, 0.05) is 17.5 Å². The van der Waals surface area contributed by atoms with Gasteiger partial charge < -0.3 is 10.2 Å². The number of amides is 1. The molecule has 5 heterocycles. The molecule has 0 aromatic carbocycles. The zero-order valence-electron chi connectivity index (χ0n) is 16.2. The van der Waals surface area contributed by atoms with Gasteiger partial charge in [0.1, 0.15) is 22.7 Å². The smallest absolute Gasteiger partial charge is 0.271 e. The van der Waals surface area contributed by atoms with E-state index in [-0.39, 0.29) is 18.0 Å². The summed E-state index contributed by atoms with van der Waals surface area (Å²) in [6, 6.07) is 0.774. The Kier molecular flexibility index (Phi) is 4.08. The van der Waals surface area contributed by atoms with Crippen molar-refractivity contribution in [3.05, 3.63) is 28.7 Å². The van der Waals surface area contributed by atoms with E-state index in [4.69, 9.17) is 0 Å². The molecule has 0 aliphatic carbocycles. The van der Waals surface area contributed by atoms with Crippen LogP contribution >= 0.6 is 11.3 Å². The van der Waals surface area contributed by atoms with Crippen LogP contribution in [0.25, 0.3) is 10.2 Å². The highest BCUT2D eigenvalue weighted by Crippen LogP contribution is 2.44. The third-order valence-corrected chi connectivity index (χ3v) is 7.31. The van der Waals surface area contributed by atoms with Gasteiger partial charge in [0.25, 0.3) is 5.91 Å². The highest BCUT2D eigenvalue weighted by Gasteiger charge is 2.48. The first-order valence-electron chi connectivity index (χ1n) is 9.76. The summed E-state index contributed by atoms with van der Waals surface area (Å²) < 4.78 is 1.63. The van der Waals surface area contributed by atoms with Crippen molar-refractivity contribution in [2.24, 2.45) is 0 Å². The molecular weight excluding hydrogens is 374 g/mol. The number of anilines is 1. The Hall–Kier alpha value is -2.55. The molecule has 9 heteroatoms. The van der Waals surface area contributed by atoms with E-state index in [0.29, 0.717) is 18.3 Å². The van der Waals surface area contributed by atoms with Crippen molar-refractivity contribution in [1.82, 2.24) is 30.3 Å². The summed E-state index contributed by atoms with van der Waals surface area (Å²) in [5.74, 6) is 0.927. The molecule has 0 spiro atoms. The van der Waals surface area contributed by atoms with E-state index in [2.05, 4.69) is 44.3 Å². The fourth-order valence-electron chi connectivity index (χ4n) is 4.74. The van der Waals surface area contributed by atoms with Gasteiger partial charge in [0.15, 0.2) is 0 Å². The number of rotatable bonds is 4. The van der Waals surface area contributed by atoms with Crippen molar-refractivity contribution < 1.29 is 4.79 Å². The number of aryl methyl sites for hydroxylation is 3. The summed E-state index contributed by atoms with van der Waals surface area (Å²) in [6.07, 6.45) is 6.35. The molecular formula is C19H23N7OS. The molecule has 28 heavy (non-hydrogen) atoms. The summed E-state index contributed by atoms with van der Waals surface area (Å²) in [4.78, 5) is 26.7. The van der Waals surface area contributed by atoms with E-state index >= 15 is 0 Å². The van der Waals surface area contributed by atoms with Crippen molar-refractivity contribution in [2.45, 2.75) is 64.7 Å². The predicted molar refractivity (Wildman–Crippen MR) is 108 cm³/mol. The predicted octanol–water partition coefficient (Wildman–Crippen LogP) is 2.46. The Balaban J connectivity index is 1.44. The molecule has 0 unspecified atom stereocenters. The Morgan fingerprint density at radius 3 is 3.00 bits per heavy atom. The Bertz CT molecular complexity index is 1060. The molecule has 3 aromatic rings. The van der Waals surface area contributed by atoms with E-state index in [0.717, 1.165) is 29.9 Å². The zero-order valence-corrected chi connectivity index (χ0v) is 17.0. The van der Waals surface area contributed by atoms with Gasteiger partial charge in [-0.05, 0) is 45.6 Å². The van der Waals surface area contributed by atoms with Crippen molar-refractivity contribution in [1.29, 1.82) is 0 Å². The Morgan fingerprint density at radius 2 is 2.18 bits per heavy atom. The number of carbonyl (C=O) groups excluding carboxylic acids is 1. The number of carbonyl (C=O) groups is 1. The second-order valence-electron chi connectivity index (χ2n) is 7.62. The minimum atomic E-state index is -0.0975. The van der Waals surface area contributed by atoms with Crippen molar-refractivity contribution >= 4 is 33.3 Å². The molecule has 5 rings (SSSR count). The van der Waals surface area contributed by atoms with Gasteiger partial charge in [-0.3, -0.25) is 4.79 Å². The van der Waals surface area contributed by atoms with Crippen LogP contribution in [0.5, 0.6) is 0 Å². The lowest BCUT2D eigenvalue weighted by atomic mass is 9.95. The summed E-state index contributed by atoms with van der Waals surface area (Å²) in [7, 11) is 0. The van der Waals surface area contributed by atoms with Gasteiger partial charge in [-0.1, -0.05) is 5.21 Å². The monoisotopic (exact) mass is 397 g/mol. The number of fused-ring (bicyclic) bond motifs is 3. The van der Waals surface area contributed by atoms with Crippen LogP contribution in [0.15, 0.2) is 12.5 Å². The molecule has 3 atom stereocenters. The SMILES string of the molecule is CCn1nncc1C(=O)N[C@@H]1C[C@@H]2CC[C@H]1N2c1ncnc2sc(C)c(C)c12. The molecule has 146 valence electrons. The molecule has 2 bridgehead atoms. The van der Waals surface area contributed by atoms with Crippen LogP contribution in [0.4, 0.5) is 5.82 Å². The lowest BCUT2D eigenvalue weighted by molar-refractivity contribution is 0.0920. The van der Waals surface area contributed by atoms with Gasteiger partial charge in [-0.25, -0.2) is 14.6 Å². The molecule has 8 nitrogen and oxygen atoms in total. The van der Waals surface area contributed by atoms with Gasteiger partial charge in [-0.2, -0.15) is 0 Å². The largest absolute Gasteiger partial charge is 0.348 e. The molecule has 2 aliphatic heterocycles.